The number of ether oxygens (including phenoxy) is 1. The highest BCUT2D eigenvalue weighted by atomic mass is 16.5. The topological polar surface area (TPSA) is 49.8 Å². The third-order valence-electron chi connectivity index (χ3n) is 4.07. The van der Waals surface area contributed by atoms with Crippen molar-refractivity contribution in [3.05, 3.63) is 29.8 Å². The fourth-order valence-electron chi connectivity index (χ4n) is 2.68. The molecule has 4 heteroatoms. The Morgan fingerprint density at radius 1 is 1.45 bits per heavy atom. The Hall–Kier alpha value is -1.39. The van der Waals surface area contributed by atoms with Gasteiger partial charge in [-0.1, -0.05) is 12.1 Å². The molecule has 0 amide bonds. The van der Waals surface area contributed by atoms with Crippen molar-refractivity contribution in [2.75, 3.05) is 26.7 Å². The van der Waals surface area contributed by atoms with E-state index in [9.17, 15) is 9.90 Å². The number of nitrogens with zero attached hydrogens (tertiary/aromatic N) is 1. The second-order valence-corrected chi connectivity index (χ2v) is 5.51. The Morgan fingerprint density at radius 3 is 2.75 bits per heavy atom. The number of hydrogen-bond donors (Lipinski definition) is 1. The summed E-state index contributed by atoms with van der Waals surface area (Å²) in [7, 11) is 1.60. The molecule has 1 atom stereocenters. The highest BCUT2D eigenvalue weighted by Crippen LogP contribution is 2.21. The molecule has 110 valence electrons. The standard InChI is InChI=1S/C16H23NO3/c1-12(18)13-6-8-17(9-7-13)11-16(19)14-4-3-5-15(10-14)20-2/h3-5,10,12-13,18H,6-9,11H2,1-2H3. The molecule has 0 radical (unpaired) electrons. The predicted molar refractivity (Wildman–Crippen MR) is 78.2 cm³/mol. The molecule has 1 saturated heterocycles. The lowest BCUT2D eigenvalue weighted by molar-refractivity contribution is 0.0664. The maximum Gasteiger partial charge on any atom is 0.176 e. The number of carbonyl (C=O) groups excluding carboxylic acids is 1. The van der Waals surface area contributed by atoms with Crippen LogP contribution in [0.5, 0.6) is 5.75 Å². The summed E-state index contributed by atoms with van der Waals surface area (Å²) in [5.74, 6) is 1.21. The van der Waals surface area contributed by atoms with E-state index in [2.05, 4.69) is 4.90 Å². The molecule has 1 N–H and O–H groups in total. The van der Waals surface area contributed by atoms with Gasteiger partial charge in [0.05, 0.1) is 19.8 Å². The van der Waals surface area contributed by atoms with Gasteiger partial charge < -0.3 is 9.84 Å². The molecular weight excluding hydrogens is 254 g/mol. The Kier molecular flexibility index (Phi) is 5.15. The van der Waals surface area contributed by atoms with E-state index in [4.69, 9.17) is 4.74 Å². The number of methoxy groups -OCH3 is 1. The number of Topliss-reactive ketones (excluding diaryl/α,β-unsaturated/α-hetero) is 1. The molecule has 1 aromatic rings. The average molecular weight is 277 g/mol. The van der Waals surface area contributed by atoms with Crippen molar-refractivity contribution < 1.29 is 14.6 Å². The molecule has 0 aromatic heterocycles. The first-order valence-electron chi connectivity index (χ1n) is 7.18. The van der Waals surface area contributed by atoms with Crippen LogP contribution < -0.4 is 4.74 Å². The molecule has 4 nitrogen and oxygen atoms in total. The van der Waals surface area contributed by atoms with Gasteiger partial charge in [0.2, 0.25) is 0 Å². The van der Waals surface area contributed by atoms with Crippen LogP contribution in [0.4, 0.5) is 0 Å². The molecule has 20 heavy (non-hydrogen) atoms. The van der Waals surface area contributed by atoms with Crippen LogP contribution in [0.25, 0.3) is 0 Å². The fourth-order valence-corrected chi connectivity index (χ4v) is 2.68. The van der Waals surface area contributed by atoms with Crippen molar-refractivity contribution >= 4 is 5.78 Å². The van der Waals surface area contributed by atoms with Crippen molar-refractivity contribution in [3.8, 4) is 5.75 Å². The monoisotopic (exact) mass is 277 g/mol. The van der Waals surface area contributed by atoms with Crippen LogP contribution in [-0.4, -0.2) is 48.6 Å². The highest BCUT2D eigenvalue weighted by Gasteiger charge is 2.24. The Bertz CT molecular complexity index is 451. The minimum absolute atomic E-state index is 0.124. The van der Waals surface area contributed by atoms with Crippen molar-refractivity contribution in [2.45, 2.75) is 25.9 Å². The van der Waals surface area contributed by atoms with Gasteiger partial charge in [0.15, 0.2) is 5.78 Å². The van der Waals surface area contributed by atoms with Gasteiger partial charge in [0.25, 0.3) is 0 Å². The highest BCUT2D eigenvalue weighted by molar-refractivity contribution is 5.97. The second-order valence-electron chi connectivity index (χ2n) is 5.51. The summed E-state index contributed by atoms with van der Waals surface area (Å²) in [6.07, 6.45) is 1.68. The number of rotatable bonds is 5. The van der Waals surface area contributed by atoms with Gasteiger partial charge in [-0.15, -0.1) is 0 Å². The molecule has 1 aromatic carbocycles. The zero-order valence-electron chi connectivity index (χ0n) is 12.2. The van der Waals surface area contributed by atoms with E-state index in [-0.39, 0.29) is 11.9 Å². The lowest BCUT2D eigenvalue weighted by Crippen LogP contribution is -2.39. The lowest BCUT2D eigenvalue weighted by atomic mass is 9.92. The minimum atomic E-state index is -0.244. The lowest BCUT2D eigenvalue weighted by Gasteiger charge is -2.32. The Labute approximate surface area is 120 Å². The summed E-state index contributed by atoms with van der Waals surface area (Å²) < 4.78 is 5.14. The maximum absolute atomic E-state index is 12.2. The van der Waals surface area contributed by atoms with E-state index in [0.29, 0.717) is 23.8 Å². The quantitative estimate of drug-likeness (QED) is 0.836. The largest absolute Gasteiger partial charge is 0.497 e. The molecule has 1 heterocycles. The number of likely N-dealkylation sites (tertiary alicyclic amines) is 1. The number of piperidine rings is 1. The van der Waals surface area contributed by atoms with Gasteiger partial charge in [-0.3, -0.25) is 9.69 Å². The van der Waals surface area contributed by atoms with E-state index in [1.54, 1.807) is 13.2 Å². The van der Waals surface area contributed by atoms with Crippen LogP contribution >= 0.6 is 0 Å². The Balaban J connectivity index is 1.89. The van der Waals surface area contributed by atoms with Crippen molar-refractivity contribution in [2.24, 2.45) is 5.92 Å². The Morgan fingerprint density at radius 2 is 2.15 bits per heavy atom. The first-order chi connectivity index (χ1) is 9.60. The summed E-state index contributed by atoms with van der Waals surface area (Å²) in [4.78, 5) is 14.4. The zero-order valence-corrected chi connectivity index (χ0v) is 12.2. The van der Waals surface area contributed by atoms with Gasteiger partial charge in [-0.2, -0.15) is 0 Å². The fraction of sp³-hybridized carbons (Fsp3) is 0.562. The number of aliphatic hydroxyl groups is 1. The number of ketones is 1. The summed E-state index contributed by atoms with van der Waals surface area (Å²) in [6, 6.07) is 7.29. The molecular formula is C16H23NO3. The molecule has 0 spiro atoms. The third-order valence-corrected chi connectivity index (χ3v) is 4.07. The maximum atomic E-state index is 12.2. The molecule has 1 unspecified atom stereocenters. The minimum Gasteiger partial charge on any atom is -0.497 e. The van der Waals surface area contributed by atoms with Crippen LogP contribution in [0.1, 0.15) is 30.1 Å². The van der Waals surface area contributed by atoms with Crippen molar-refractivity contribution in [1.82, 2.24) is 4.90 Å². The number of hydrogen-bond acceptors (Lipinski definition) is 4. The van der Waals surface area contributed by atoms with Crippen LogP contribution in [-0.2, 0) is 0 Å². The molecule has 0 saturated carbocycles. The van der Waals surface area contributed by atoms with E-state index in [0.717, 1.165) is 25.9 Å². The van der Waals surface area contributed by atoms with Gasteiger partial charge in [-0.25, -0.2) is 0 Å². The third kappa shape index (κ3) is 3.81. The summed E-state index contributed by atoms with van der Waals surface area (Å²) in [6.45, 7) is 4.05. The van der Waals surface area contributed by atoms with Crippen LogP contribution in [0.3, 0.4) is 0 Å². The normalized spacial score (nSPS) is 18.8. The molecule has 2 rings (SSSR count). The van der Waals surface area contributed by atoms with Crippen LogP contribution in [0.15, 0.2) is 24.3 Å². The zero-order chi connectivity index (χ0) is 14.5. The molecule has 1 aliphatic rings. The van der Waals surface area contributed by atoms with Crippen LogP contribution in [0, 0.1) is 5.92 Å². The predicted octanol–water partition coefficient (Wildman–Crippen LogP) is 1.97. The van der Waals surface area contributed by atoms with E-state index in [1.807, 2.05) is 25.1 Å². The SMILES string of the molecule is COc1cccc(C(=O)CN2CCC(C(C)O)CC2)c1. The summed E-state index contributed by atoms with van der Waals surface area (Å²) in [5, 5.41) is 9.58. The van der Waals surface area contributed by atoms with Crippen molar-refractivity contribution in [3.63, 3.8) is 0 Å². The van der Waals surface area contributed by atoms with E-state index >= 15 is 0 Å². The number of carbonyl (C=O) groups is 1. The molecule has 0 bridgehead atoms. The van der Waals surface area contributed by atoms with E-state index in [1.165, 1.54) is 0 Å². The first kappa shape index (κ1) is 15.0. The van der Waals surface area contributed by atoms with E-state index < -0.39 is 0 Å². The van der Waals surface area contributed by atoms with Gasteiger partial charge in [-0.05, 0) is 50.9 Å². The second kappa shape index (κ2) is 6.86. The summed E-state index contributed by atoms with van der Waals surface area (Å²) >= 11 is 0. The van der Waals surface area contributed by atoms with Gasteiger partial charge in [0.1, 0.15) is 5.75 Å². The van der Waals surface area contributed by atoms with Crippen molar-refractivity contribution in [1.29, 1.82) is 0 Å². The van der Waals surface area contributed by atoms with Gasteiger partial charge in [0, 0.05) is 5.56 Å². The van der Waals surface area contributed by atoms with Gasteiger partial charge >= 0.3 is 0 Å². The molecule has 1 aliphatic heterocycles. The van der Waals surface area contributed by atoms with Crippen LogP contribution in [0.2, 0.25) is 0 Å². The smallest absolute Gasteiger partial charge is 0.176 e. The number of benzene rings is 1. The molecule has 0 aliphatic carbocycles. The molecule has 1 fully saturated rings. The average Bonchev–Trinajstić information content (AvgIpc) is 2.47. The number of aliphatic hydroxyl groups excluding tert-OH is 1. The summed E-state index contributed by atoms with van der Waals surface area (Å²) in [5.41, 5.74) is 0.696. The first-order valence-corrected chi connectivity index (χ1v) is 7.18.